The van der Waals surface area contributed by atoms with Crippen molar-refractivity contribution in [3.63, 3.8) is 0 Å². The van der Waals surface area contributed by atoms with Crippen molar-refractivity contribution in [1.82, 2.24) is 30.0 Å². The van der Waals surface area contributed by atoms with E-state index in [9.17, 15) is 10.1 Å². The van der Waals surface area contributed by atoms with Gasteiger partial charge in [-0.3, -0.25) is 9.69 Å². The molecule has 2 aromatic heterocycles. The number of halogens is 1. The molecule has 0 saturated heterocycles. The molecular weight excluding hydrogens is 492 g/mol. The molecule has 1 aromatic carbocycles. The number of anilines is 1. The van der Waals surface area contributed by atoms with Crippen LogP contribution in [-0.2, 0) is 11.3 Å². The first-order valence-corrected chi connectivity index (χ1v) is 13.0. The Kier molecular flexibility index (Phi) is 6.68. The lowest BCUT2D eigenvalue weighted by Gasteiger charge is -2.42. The Bertz CT molecular complexity index is 1410. The highest BCUT2D eigenvalue weighted by atomic mass is 35.5. The third-order valence-electron chi connectivity index (χ3n) is 7.50. The number of hydrogen-bond acceptors (Lipinski definition) is 8. The maximum atomic E-state index is 12.3. The molecule has 3 aromatic rings. The van der Waals surface area contributed by atoms with Gasteiger partial charge in [0, 0.05) is 42.7 Å². The minimum atomic E-state index is -0.297. The molecule has 11 heteroatoms. The number of aryl methyl sites for hydroxylation is 1. The number of ether oxygens (including phenoxy) is 1. The number of benzene rings is 1. The van der Waals surface area contributed by atoms with Crippen molar-refractivity contribution in [2.24, 2.45) is 5.92 Å². The van der Waals surface area contributed by atoms with Gasteiger partial charge in [0.1, 0.15) is 30.1 Å². The monoisotopic (exact) mass is 522 g/mol. The van der Waals surface area contributed by atoms with E-state index >= 15 is 0 Å². The molecule has 0 bridgehead atoms. The van der Waals surface area contributed by atoms with Crippen molar-refractivity contribution in [2.45, 2.75) is 65.3 Å². The molecule has 5 rings (SSSR count). The number of fused-ring (bicyclic) bond motifs is 2. The van der Waals surface area contributed by atoms with Crippen LogP contribution in [0.15, 0.2) is 12.4 Å². The second-order valence-electron chi connectivity index (χ2n) is 9.98. The zero-order valence-corrected chi connectivity index (χ0v) is 22.2. The lowest BCUT2D eigenvalue weighted by Crippen LogP contribution is -2.50. The van der Waals surface area contributed by atoms with Crippen molar-refractivity contribution in [3.8, 4) is 11.8 Å². The van der Waals surface area contributed by atoms with Gasteiger partial charge in [0.15, 0.2) is 5.65 Å². The molecule has 0 unspecified atom stereocenters. The number of aromatic nitrogens is 4. The Hall–Kier alpha value is -3.42. The molecule has 10 nitrogen and oxygen atoms in total. The van der Waals surface area contributed by atoms with Crippen molar-refractivity contribution in [3.05, 3.63) is 39.8 Å². The second-order valence-corrected chi connectivity index (χ2v) is 10.4. The van der Waals surface area contributed by atoms with Crippen LogP contribution in [-0.4, -0.2) is 55.8 Å². The lowest BCUT2D eigenvalue weighted by atomic mass is 9.78. The SMILES string of the molecule is CCNC(=O)C1CC(N2Cc3c(C#N)c(Cl)cc([C@@H](C)n4nc(C)c5c(N)ncnc54)c3O[C@H](C)C2)C1. The minimum absolute atomic E-state index is 0.0278. The van der Waals surface area contributed by atoms with E-state index in [-0.39, 0.29) is 30.0 Å². The second kappa shape index (κ2) is 9.80. The standard InChI is InChI=1S/C26H31ClN8O2/c1-5-30-26(36)16-6-17(7-16)34-10-13(2)37-23-18(8-21(27)19(9-28)20(23)11-34)15(4)35-25-22(14(3)33-35)24(29)31-12-32-25/h8,12-13,15-17H,5-7,10-11H2,1-4H3,(H,30,36)(H2,29,31,32)/t13-,15-,16?,17?/m1/s1. The third-order valence-corrected chi connectivity index (χ3v) is 7.80. The Morgan fingerprint density at radius 3 is 2.86 bits per heavy atom. The first-order chi connectivity index (χ1) is 17.7. The quantitative estimate of drug-likeness (QED) is 0.520. The van der Waals surface area contributed by atoms with Crippen LogP contribution in [0.25, 0.3) is 11.0 Å². The predicted molar refractivity (Wildman–Crippen MR) is 140 cm³/mol. The first-order valence-electron chi connectivity index (χ1n) is 12.6. The number of hydrogen-bond donors (Lipinski definition) is 2. The van der Waals surface area contributed by atoms with E-state index in [2.05, 4.69) is 26.3 Å². The Morgan fingerprint density at radius 1 is 1.41 bits per heavy atom. The number of rotatable bonds is 5. The number of nitrogens with two attached hydrogens (primary N) is 1. The molecular formula is C26H31ClN8O2. The van der Waals surface area contributed by atoms with Crippen LogP contribution in [0.3, 0.4) is 0 Å². The molecule has 3 N–H and O–H groups in total. The zero-order valence-electron chi connectivity index (χ0n) is 21.5. The van der Waals surface area contributed by atoms with Gasteiger partial charge in [-0.25, -0.2) is 14.6 Å². The van der Waals surface area contributed by atoms with E-state index in [1.807, 2.05) is 27.7 Å². The van der Waals surface area contributed by atoms with Crippen LogP contribution >= 0.6 is 11.6 Å². The van der Waals surface area contributed by atoms with Crippen molar-refractivity contribution in [2.75, 3.05) is 18.8 Å². The molecule has 1 aliphatic heterocycles. The summed E-state index contributed by atoms with van der Waals surface area (Å²) in [6.45, 7) is 9.67. The van der Waals surface area contributed by atoms with E-state index in [0.29, 0.717) is 52.8 Å². The van der Waals surface area contributed by atoms with Crippen LogP contribution in [0.4, 0.5) is 5.82 Å². The Labute approximate surface area is 220 Å². The normalized spacial score (nSPS) is 22.3. The highest BCUT2D eigenvalue weighted by molar-refractivity contribution is 6.32. The number of nitriles is 1. The van der Waals surface area contributed by atoms with Gasteiger partial charge in [-0.1, -0.05) is 11.6 Å². The summed E-state index contributed by atoms with van der Waals surface area (Å²) in [4.78, 5) is 23.1. The molecule has 1 aliphatic carbocycles. The summed E-state index contributed by atoms with van der Waals surface area (Å²) in [6.07, 6.45) is 2.88. The van der Waals surface area contributed by atoms with Gasteiger partial charge in [-0.15, -0.1) is 0 Å². The van der Waals surface area contributed by atoms with Gasteiger partial charge in [-0.05, 0) is 46.6 Å². The van der Waals surface area contributed by atoms with Gasteiger partial charge in [0.25, 0.3) is 0 Å². The Morgan fingerprint density at radius 2 is 2.16 bits per heavy atom. The highest BCUT2D eigenvalue weighted by Crippen LogP contribution is 2.43. The third kappa shape index (κ3) is 4.36. The topological polar surface area (TPSA) is 135 Å². The fourth-order valence-corrected chi connectivity index (χ4v) is 5.81. The predicted octanol–water partition coefficient (Wildman–Crippen LogP) is 3.35. The van der Waals surface area contributed by atoms with E-state index in [4.69, 9.17) is 27.2 Å². The number of amides is 1. The smallest absolute Gasteiger partial charge is 0.223 e. The lowest BCUT2D eigenvalue weighted by molar-refractivity contribution is -0.129. The zero-order chi connectivity index (χ0) is 26.4. The van der Waals surface area contributed by atoms with Crippen molar-refractivity contribution < 1.29 is 9.53 Å². The fourth-order valence-electron chi connectivity index (χ4n) is 5.53. The summed E-state index contributed by atoms with van der Waals surface area (Å²) in [6, 6.07) is 4.04. The first kappa shape index (κ1) is 25.2. The van der Waals surface area contributed by atoms with E-state index in [0.717, 1.165) is 29.7 Å². The average molecular weight is 523 g/mol. The molecule has 2 aliphatic rings. The van der Waals surface area contributed by atoms with Crippen LogP contribution in [0.2, 0.25) is 5.02 Å². The number of nitrogen functional groups attached to an aromatic ring is 1. The number of carbonyl (C=O) groups excluding carboxylic acids is 1. The molecule has 2 atom stereocenters. The largest absolute Gasteiger partial charge is 0.489 e. The molecule has 3 heterocycles. The van der Waals surface area contributed by atoms with Gasteiger partial charge < -0.3 is 15.8 Å². The summed E-state index contributed by atoms with van der Waals surface area (Å²) >= 11 is 6.69. The number of carbonyl (C=O) groups is 1. The van der Waals surface area contributed by atoms with Gasteiger partial charge in [0.05, 0.1) is 27.7 Å². The molecule has 1 amide bonds. The molecule has 0 spiro atoms. The van der Waals surface area contributed by atoms with E-state index in [1.165, 1.54) is 6.33 Å². The van der Waals surface area contributed by atoms with Crippen molar-refractivity contribution >= 4 is 34.4 Å². The molecule has 194 valence electrons. The molecule has 1 fully saturated rings. The molecule has 0 radical (unpaired) electrons. The summed E-state index contributed by atoms with van der Waals surface area (Å²) in [5.74, 6) is 1.18. The van der Waals surface area contributed by atoms with Crippen LogP contribution in [0, 0.1) is 24.2 Å². The van der Waals surface area contributed by atoms with E-state index < -0.39 is 0 Å². The van der Waals surface area contributed by atoms with Crippen LogP contribution in [0.1, 0.15) is 62.0 Å². The van der Waals surface area contributed by atoms with Crippen LogP contribution < -0.4 is 15.8 Å². The number of nitrogens with one attached hydrogen (secondary N) is 1. The summed E-state index contributed by atoms with van der Waals surface area (Å²) in [5, 5.41) is 18.7. The van der Waals surface area contributed by atoms with E-state index in [1.54, 1.807) is 10.7 Å². The maximum absolute atomic E-state index is 12.3. The van der Waals surface area contributed by atoms with Gasteiger partial charge in [0.2, 0.25) is 5.91 Å². The molecule has 37 heavy (non-hydrogen) atoms. The van der Waals surface area contributed by atoms with Gasteiger partial charge >= 0.3 is 0 Å². The average Bonchev–Trinajstić information content (AvgIpc) is 3.07. The molecule has 1 saturated carbocycles. The highest BCUT2D eigenvalue weighted by Gasteiger charge is 2.40. The van der Waals surface area contributed by atoms with Crippen molar-refractivity contribution in [1.29, 1.82) is 5.26 Å². The van der Waals surface area contributed by atoms with Gasteiger partial charge in [-0.2, -0.15) is 10.4 Å². The van der Waals surface area contributed by atoms with Crippen LogP contribution in [0.5, 0.6) is 5.75 Å². The summed E-state index contributed by atoms with van der Waals surface area (Å²) < 4.78 is 8.31. The minimum Gasteiger partial charge on any atom is -0.489 e. The fraction of sp³-hybridized carbons (Fsp3) is 0.500. The number of nitrogens with zero attached hydrogens (tertiary/aromatic N) is 6. The summed E-state index contributed by atoms with van der Waals surface area (Å²) in [5.41, 5.74) is 9.48. The maximum Gasteiger partial charge on any atom is 0.223 e. The Balaban J connectivity index is 1.53. The summed E-state index contributed by atoms with van der Waals surface area (Å²) in [7, 11) is 0.